The Morgan fingerprint density at radius 3 is 2.59 bits per heavy atom. The molecular weight excluding hydrogens is 246 g/mol. The first-order valence-corrected chi connectivity index (χ1v) is 4.96. The van der Waals surface area contributed by atoms with E-state index in [4.69, 9.17) is 10.2 Å². The van der Waals surface area contributed by atoms with Crippen molar-refractivity contribution in [2.45, 2.75) is 13.0 Å². The van der Waals surface area contributed by atoms with Crippen LogP contribution in [-0.4, -0.2) is 30.9 Å². The molecule has 1 heterocycles. The molecule has 7 heteroatoms. The van der Waals surface area contributed by atoms with Crippen molar-refractivity contribution in [2.24, 2.45) is 5.73 Å². The number of hydrogen-bond acceptors (Lipinski definition) is 4. The number of halogens is 1. The van der Waals surface area contributed by atoms with Crippen molar-refractivity contribution in [3.8, 4) is 0 Å². The highest BCUT2D eigenvalue weighted by molar-refractivity contribution is 5.91. The zero-order chi connectivity index (χ0) is 12.0. The summed E-state index contributed by atoms with van der Waals surface area (Å²) >= 11 is 0. The van der Waals surface area contributed by atoms with Crippen LogP contribution in [0.5, 0.6) is 0 Å². The molecule has 0 aliphatic rings. The maximum atomic E-state index is 11.3. The van der Waals surface area contributed by atoms with E-state index >= 15 is 0 Å². The summed E-state index contributed by atoms with van der Waals surface area (Å²) in [5, 5.41) is 5.16. The van der Waals surface area contributed by atoms with Gasteiger partial charge in [0.15, 0.2) is 5.76 Å². The van der Waals surface area contributed by atoms with Gasteiger partial charge in [0.05, 0.1) is 12.3 Å². The first-order valence-electron chi connectivity index (χ1n) is 4.96. The summed E-state index contributed by atoms with van der Waals surface area (Å²) in [5.74, 6) is -0.300. The SMILES string of the molecule is C[C@H](N)C(=O)NCCNC(=O)c1ccco1.Cl. The summed E-state index contributed by atoms with van der Waals surface area (Å²) < 4.78 is 4.89. The van der Waals surface area contributed by atoms with E-state index in [1.165, 1.54) is 6.26 Å². The van der Waals surface area contributed by atoms with Crippen LogP contribution in [0.15, 0.2) is 22.8 Å². The van der Waals surface area contributed by atoms with E-state index in [-0.39, 0.29) is 30.0 Å². The number of carbonyl (C=O) groups excluding carboxylic acids is 2. The molecule has 1 aromatic rings. The van der Waals surface area contributed by atoms with Gasteiger partial charge in [0.25, 0.3) is 5.91 Å². The third kappa shape index (κ3) is 5.37. The van der Waals surface area contributed by atoms with Crippen LogP contribution >= 0.6 is 12.4 Å². The monoisotopic (exact) mass is 261 g/mol. The lowest BCUT2D eigenvalue weighted by Gasteiger charge is -2.07. The average molecular weight is 262 g/mol. The normalized spacial score (nSPS) is 11.2. The Kier molecular flexibility index (Phi) is 7.00. The molecule has 0 spiro atoms. The zero-order valence-corrected chi connectivity index (χ0v) is 10.3. The van der Waals surface area contributed by atoms with E-state index in [0.29, 0.717) is 13.1 Å². The van der Waals surface area contributed by atoms with Gasteiger partial charge in [0.1, 0.15) is 0 Å². The van der Waals surface area contributed by atoms with Gasteiger partial charge < -0.3 is 20.8 Å². The summed E-state index contributed by atoms with van der Waals surface area (Å²) in [6.45, 7) is 2.27. The molecule has 96 valence electrons. The van der Waals surface area contributed by atoms with Crippen molar-refractivity contribution in [2.75, 3.05) is 13.1 Å². The number of carbonyl (C=O) groups is 2. The second kappa shape index (κ2) is 7.70. The van der Waals surface area contributed by atoms with Gasteiger partial charge >= 0.3 is 0 Å². The number of hydrogen-bond donors (Lipinski definition) is 3. The van der Waals surface area contributed by atoms with Gasteiger partial charge in [-0.05, 0) is 19.1 Å². The Morgan fingerprint density at radius 2 is 2.06 bits per heavy atom. The van der Waals surface area contributed by atoms with Gasteiger partial charge in [-0.15, -0.1) is 12.4 Å². The standard InChI is InChI=1S/C10H15N3O3.ClH/c1-7(11)9(14)12-4-5-13-10(15)8-3-2-6-16-8;/h2-3,6-7H,4-5,11H2,1H3,(H,12,14)(H,13,15);1H/t7-;/m0./s1. The van der Waals surface area contributed by atoms with Gasteiger partial charge in [0, 0.05) is 13.1 Å². The highest BCUT2D eigenvalue weighted by Gasteiger charge is 2.08. The molecule has 0 aliphatic carbocycles. The second-order valence-corrected chi connectivity index (χ2v) is 3.31. The van der Waals surface area contributed by atoms with E-state index in [1.807, 2.05) is 0 Å². The summed E-state index contributed by atoms with van der Waals surface area (Å²) in [7, 11) is 0. The fourth-order valence-corrected chi connectivity index (χ4v) is 1.02. The van der Waals surface area contributed by atoms with Crippen molar-refractivity contribution < 1.29 is 14.0 Å². The van der Waals surface area contributed by atoms with E-state index in [9.17, 15) is 9.59 Å². The van der Waals surface area contributed by atoms with Crippen molar-refractivity contribution in [1.29, 1.82) is 0 Å². The average Bonchev–Trinajstić information content (AvgIpc) is 2.76. The molecule has 0 unspecified atom stereocenters. The van der Waals surface area contributed by atoms with Crippen LogP contribution in [-0.2, 0) is 4.79 Å². The minimum absolute atomic E-state index is 0. The third-order valence-corrected chi connectivity index (χ3v) is 1.87. The third-order valence-electron chi connectivity index (χ3n) is 1.87. The van der Waals surface area contributed by atoms with Crippen LogP contribution in [0, 0.1) is 0 Å². The maximum Gasteiger partial charge on any atom is 0.287 e. The van der Waals surface area contributed by atoms with E-state index < -0.39 is 6.04 Å². The topological polar surface area (TPSA) is 97.4 Å². The number of rotatable bonds is 5. The van der Waals surface area contributed by atoms with Crippen LogP contribution in [0.2, 0.25) is 0 Å². The molecule has 0 bridgehead atoms. The predicted octanol–water partition coefficient (Wildman–Crippen LogP) is -0.105. The van der Waals surface area contributed by atoms with Gasteiger partial charge in [-0.3, -0.25) is 9.59 Å². The smallest absolute Gasteiger partial charge is 0.287 e. The van der Waals surface area contributed by atoms with Crippen LogP contribution in [0.1, 0.15) is 17.5 Å². The van der Waals surface area contributed by atoms with Gasteiger partial charge in [0.2, 0.25) is 5.91 Å². The Bertz CT molecular complexity index is 352. The van der Waals surface area contributed by atoms with Crippen molar-refractivity contribution in [3.63, 3.8) is 0 Å². The molecule has 1 aromatic heterocycles. The molecule has 1 atom stereocenters. The molecule has 1 rings (SSSR count). The minimum Gasteiger partial charge on any atom is -0.459 e. The first kappa shape index (κ1) is 15.5. The first-order chi connectivity index (χ1) is 7.61. The maximum absolute atomic E-state index is 11.3. The molecule has 0 saturated carbocycles. The van der Waals surface area contributed by atoms with Gasteiger partial charge in [-0.1, -0.05) is 0 Å². The number of furan rings is 1. The lowest BCUT2D eigenvalue weighted by atomic mass is 10.3. The molecule has 17 heavy (non-hydrogen) atoms. The minimum atomic E-state index is -0.541. The fourth-order valence-electron chi connectivity index (χ4n) is 1.02. The fraction of sp³-hybridized carbons (Fsp3) is 0.400. The van der Waals surface area contributed by atoms with Crippen molar-refractivity contribution in [3.05, 3.63) is 24.2 Å². The van der Waals surface area contributed by atoms with E-state index in [0.717, 1.165) is 0 Å². The second-order valence-electron chi connectivity index (χ2n) is 3.31. The van der Waals surface area contributed by atoms with Crippen LogP contribution < -0.4 is 16.4 Å². The molecule has 0 aromatic carbocycles. The quantitative estimate of drug-likeness (QED) is 0.645. The summed E-state index contributed by atoms with van der Waals surface area (Å²) in [5.41, 5.74) is 5.34. The molecule has 0 saturated heterocycles. The molecular formula is C10H16ClN3O3. The zero-order valence-electron chi connectivity index (χ0n) is 9.43. The Balaban J connectivity index is 0.00000256. The van der Waals surface area contributed by atoms with Crippen molar-refractivity contribution >= 4 is 24.2 Å². The summed E-state index contributed by atoms with van der Waals surface area (Å²) in [6, 6.07) is 2.66. The number of nitrogens with two attached hydrogens (primary N) is 1. The summed E-state index contributed by atoms with van der Waals surface area (Å²) in [6.07, 6.45) is 1.42. The predicted molar refractivity (Wildman–Crippen MR) is 64.9 cm³/mol. The van der Waals surface area contributed by atoms with Gasteiger partial charge in [-0.2, -0.15) is 0 Å². The van der Waals surface area contributed by atoms with Crippen molar-refractivity contribution in [1.82, 2.24) is 10.6 Å². The molecule has 6 nitrogen and oxygen atoms in total. The Hall–Kier alpha value is -1.53. The largest absolute Gasteiger partial charge is 0.459 e. The molecule has 0 radical (unpaired) electrons. The summed E-state index contributed by atoms with van der Waals surface area (Å²) in [4.78, 5) is 22.4. The van der Waals surface area contributed by atoms with E-state index in [2.05, 4.69) is 10.6 Å². The van der Waals surface area contributed by atoms with Crippen LogP contribution in [0.4, 0.5) is 0 Å². The van der Waals surface area contributed by atoms with Crippen LogP contribution in [0.3, 0.4) is 0 Å². The molecule has 0 aliphatic heterocycles. The molecule has 4 N–H and O–H groups in total. The number of amides is 2. The Labute approximate surface area is 105 Å². The Morgan fingerprint density at radius 1 is 1.41 bits per heavy atom. The lowest BCUT2D eigenvalue weighted by Crippen LogP contribution is -2.41. The molecule has 0 fully saturated rings. The highest BCUT2D eigenvalue weighted by atomic mass is 35.5. The van der Waals surface area contributed by atoms with E-state index in [1.54, 1.807) is 19.1 Å². The highest BCUT2D eigenvalue weighted by Crippen LogP contribution is 1.98. The molecule has 2 amide bonds. The number of nitrogens with one attached hydrogen (secondary N) is 2. The van der Waals surface area contributed by atoms with Crippen LogP contribution in [0.25, 0.3) is 0 Å². The lowest BCUT2D eigenvalue weighted by molar-refractivity contribution is -0.121. The van der Waals surface area contributed by atoms with Gasteiger partial charge in [-0.25, -0.2) is 0 Å².